The van der Waals surface area contributed by atoms with Crippen LogP contribution in [0.3, 0.4) is 0 Å². The third kappa shape index (κ3) is 3.66. The van der Waals surface area contributed by atoms with Crippen molar-refractivity contribution in [3.8, 4) is 11.6 Å². The van der Waals surface area contributed by atoms with Crippen LogP contribution in [0.25, 0.3) is 5.65 Å². The maximum Gasteiger partial charge on any atom is 0.350 e. The van der Waals surface area contributed by atoms with E-state index in [4.69, 9.17) is 4.74 Å². The summed E-state index contributed by atoms with van der Waals surface area (Å²) in [5, 5.41) is 14.4. The first-order valence-corrected chi connectivity index (χ1v) is 8.09. The molecule has 4 aromatic rings. The van der Waals surface area contributed by atoms with E-state index in [1.165, 1.54) is 4.40 Å². The van der Waals surface area contributed by atoms with Gasteiger partial charge in [-0.05, 0) is 42.5 Å². The fourth-order valence-electron chi connectivity index (χ4n) is 2.48. The van der Waals surface area contributed by atoms with Crippen molar-refractivity contribution in [1.82, 2.24) is 24.4 Å². The van der Waals surface area contributed by atoms with Gasteiger partial charge in [-0.3, -0.25) is 9.20 Å². The molecule has 0 radical (unpaired) electrons. The molecule has 0 spiro atoms. The van der Waals surface area contributed by atoms with Gasteiger partial charge in [0.2, 0.25) is 11.8 Å². The maximum absolute atomic E-state index is 12.2. The van der Waals surface area contributed by atoms with Crippen LogP contribution in [0.1, 0.15) is 0 Å². The monoisotopic (exact) mass is 362 g/mol. The molecule has 0 aliphatic carbocycles. The molecule has 4 rings (SSSR count). The molecule has 0 atom stereocenters. The van der Waals surface area contributed by atoms with Gasteiger partial charge in [0.05, 0.1) is 0 Å². The maximum atomic E-state index is 12.2. The molecular weight excluding hydrogens is 348 g/mol. The number of hydrogen-bond donors (Lipinski definition) is 1. The average molecular weight is 362 g/mol. The first-order valence-electron chi connectivity index (χ1n) is 8.09. The predicted molar refractivity (Wildman–Crippen MR) is 96.6 cm³/mol. The average Bonchev–Trinajstić information content (AvgIpc) is 3.00. The van der Waals surface area contributed by atoms with Crippen molar-refractivity contribution in [3.63, 3.8) is 0 Å². The Labute approximate surface area is 152 Å². The summed E-state index contributed by atoms with van der Waals surface area (Å²) in [5.74, 6) is 0.577. The lowest BCUT2D eigenvalue weighted by Gasteiger charge is -2.07. The lowest BCUT2D eigenvalue weighted by molar-refractivity contribution is -0.117. The fourth-order valence-corrected chi connectivity index (χ4v) is 2.48. The minimum absolute atomic E-state index is 0.182. The van der Waals surface area contributed by atoms with E-state index in [0.29, 0.717) is 23.0 Å². The fraction of sp³-hybridized carbons (Fsp3) is 0.0556. The Kier molecular flexibility index (Phi) is 4.32. The number of pyridine rings is 1. The molecule has 3 heterocycles. The van der Waals surface area contributed by atoms with Crippen LogP contribution in [-0.2, 0) is 11.3 Å². The Morgan fingerprint density at radius 1 is 1.07 bits per heavy atom. The summed E-state index contributed by atoms with van der Waals surface area (Å²) in [6.45, 7) is -0.182. The molecule has 9 heteroatoms. The summed E-state index contributed by atoms with van der Waals surface area (Å²) in [6, 6.07) is 15.4. The smallest absolute Gasteiger partial charge is 0.350 e. The van der Waals surface area contributed by atoms with Crippen molar-refractivity contribution in [1.29, 1.82) is 0 Å². The zero-order valence-electron chi connectivity index (χ0n) is 14.0. The number of ether oxygens (including phenoxy) is 1. The number of fused-ring (bicyclic) bond motifs is 1. The number of carbonyl (C=O) groups excluding carboxylic acids is 1. The quantitative estimate of drug-likeness (QED) is 0.580. The minimum atomic E-state index is -0.367. The van der Waals surface area contributed by atoms with Gasteiger partial charge in [-0.2, -0.15) is 5.10 Å². The lowest BCUT2D eigenvalue weighted by atomic mass is 10.3. The van der Waals surface area contributed by atoms with Gasteiger partial charge in [0.25, 0.3) is 0 Å². The molecule has 0 aliphatic rings. The van der Waals surface area contributed by atoms with Gasteiger partial charge in [-0.25, -0.2) is 9.48 Å². The minimum Gasteiger partial charge on any atom is -0.438 e. The second-order valence-electron chi connectivity index (χ2n) is 5.61. The summed E-state index contributed by atoms with van der Waals surface area (Å²) in [6.07, 6.45) is 3.16. The summed E-state index contributed by atoms with van der Waals surface area (Å²) < 4.78 is 8.04. The van der Waals surface area contributed by atoms with E-state index >= 15 is 0 Å². The number of carbonyl (C=O) groups is 1. The van der Waals surface area contributed by atoms with Crippen LogP contribution in [0.4, 0.5) is 5.69 Å². The van der Waals surface area contributed by atoms with Gasteiger partial charge in [0.1, 0.15) is 12.3 Å². The molecule has 0 bridgehead atoms. The first-order chi connectivity index (χ1) is 13.2. The summed E-state index contributed by atoms with van der Waals surface area (Å²) >= 11 is 0. The highest BCUT2D eigenvalue weighted by molar-refractivity contribution is 5.90. The highest BCUT2D eigenvalue weighted by atomic mass is 16.5. The largest absolute Gasteiger partial charge is 0.438 e. The summed E-state index contributed by atoms with van der Waals surface area (Å²) in [4.78, 5) is 24.4. The number of anilines is 1. The highest BCUT2D eigenvalue weighted by Gasteiger charge is 2.10. The second kappa shape index (κ2) is 7.08. The van der Waals surface area contributed by atoms with Gasteiger partial charge in [-0.1, -0.05) is 6.07 Å². The molecule has 27 heavy (non-hydrogen) atoms. The molecule has 1 N–H and O–H groups in total. The Morgan fingerprint density at radius 3 is 2.67 bits per heavy atom. The molecule has 0 aliphatic heterocycles. The predicted octanol–water partition coefficient (Wildman–Crippen LogP) is 1.72. The van der Waals surface area contributed by atoms with Crippen LogP contribution in [0, 0.1) is 0 Å². The van der Waals surface area contributed by atoms with Gasteiger partial charge >= 0.3 is 5.69 Å². The van der Waals surface area contributed by atoms with Gasteiger partial charge in [-0.15, -0.1) is 10.2 Å². The molecule has 1 aromatic carbocycles. The van der Waals surface area contributed by atoms with E-state index in [-0.39, 0.29) is 18.1 Å². The van der Waals surface area contributed by atoms with Crippen molar-refractivity contribution < 1.29 is 9.53 Å². The van der Waals surface area contributed by atoms with Crippen molar-refractivity contribution in [2.24, 2.45) is 0 Å². The molecule has 0 saturated carbocycles. The highest BCUT2D eigenvalue weighted by Crippen LogP contribution is 2.20. The molecule has 9 nitrogen and oxygen atoms in total. The van der Waals surface area contributed by atoms with E-state index in [1.807, 2.05) is 0 Å². The topological polar surface area (TPSA) is 103 Å². The second-order valence-corrected chi connectivity index (χ2v) is 5.61. The van der Waals surface area contributed by atoms with E-state index in [1.54, 1.807) is 67.0 Å². The zero-order valence-corrected chi connectivity index (χ0v) is 14.0. The van der Waals surface area contributed by atoms with Crippen molar-refractivity contribution in [2.45, 2.75) is 6.54 Å². The van der Waals surface area contributed by atoms with E-state index < -0.39 is 0 Å². The van der Waals surface area contributed by atoms with Crippen LogP contribution in [0.15, 0.2) is 71.8 Å². The van der Waals surface area contributed by atoms with E-state index in [9.17, 15) is 9.59 Å². The Bertz CT molecular complexity index is 1140. The Morgan fingerprint density at radius 2 is 1.93 bits per heavy atom. The number of rotatable bonds is 5. The van der Waals surface area contributed by atoms with Gasteiger partial charge in [0.15, 0.2) is 5.65 Å². The standard InChI is InChI=1S/C18H14N6O3/c25-16(12-24-18(26)23-11-2-1-4-15(23)22-24)20-13-6-8-14(9-7-13)27-17-5-3-10-19-21-17/h1-11H,12H2,(H,20,25). The SMILES string of the molecule is O=C(Cn1nc2ccccn2c1=O)Nc1ccc(Oc2cccnn2)cc1. The number of nitrogens with one attached hydrogen (secondary N) is 1. The normalized spacial score (nSPS) is 10.7. The Balaban J connectivity index is 1.42. The van der Waals surface area contributed by atoms with Crippen molar-refractivity contribution in [3.05, 3.63) is 77.5 Å². The van der Waals surface area contributed by atoms with Gasteiger partial charge < -0.3 is 10.1 Å². The number of aromatic nitrogens is 5. The first kappa shape index (κ1) is 16.5. The molecule has 0 fully saturated rings. The van der Waals surface area contributed by atoms with Crippen LogP contribution < -0.4 is 15.7 Å². The van der Waals surface area contributed by atoms with Crippen molar-refractivity contribution >= 4 is 17.2 Å². The zero-order chi connectivity index (χ0) is 18.6. The molecule has 3 aromatic heterocycles. The third-order valence-corrected chi connectivity index (χ3v) is 3.69. The van der Waals surface area contributed by atoms with E-state index in [0.717, 1.165) is 4.68 Å². The third-order valence-electron chi connectivity index (χ3n) is 3.69. The Hall–Kier alpha value is -4.01. The number of hydrogen-bond acceptors (Lipinski definition) is 6. The number of amides is 1. The van der Waals surface area contributed by atoms with Crippen LogP contribution in [0.2, 0.25) is 0 Å². The summed E-state index contributed by atoms with van der Waals surface area (Å²) in [5.41, 5.74) is 0.692. The lowest BCUT2D eigenvalue weighted by Crippen LogP contribution is -2.28. The number of benzene rings is 1. The summed E-state index contributed by atoms with van der Waals surface area (Å²) in [7, 11) is 0. The number of nitrogens with zero attached hydrogens (tertiary/aromatic N) is 5. The molecule has 0 unspecified atom stereocenters. The van der Waals surface area contributed by atoms with Crippen molar-refractivity contribution in [2.75, 3.05) is 5.32 Å². The molecule has 0 saturated heterocycles. The van der Waals surface area contributed by atoms with E-state index in [2.05, 4.69) is 20.6 Å². The van der Waals surface area contributed by atoms with Gasteiger partial charge in [0, 0.05) is 24.1 Å². The molecule has 1 amide bonds. The van der Waals surface area contributed by atoms with Crippen LogP contribution in [0.5, 0.6) is 11.6 Å². The molecule has 134 valence electrons. The van der Waals surface area contributed by atoms with Crippen LogP contribution >= 0.6 is 0 Å². The van der Waals surface area contributed by atoms with Crippen LogP contribution in [-0.4, -0.2) is 30.3 Å². The molecular formula is C18H14N6O3.